The molecule has 7 heteroatoms. The molecule has 1 atom stereocenters. The molecule has 0 radical (unpaired) electrons. The average molecular weight is 353 g/mol. The number of fused-ring (bicyclic) bond motifs is 1. The van der Waals surface area contributed by atoms with Gasteiger partial charge in [-0.05, 0) is 37.0 Å². The Morgan fingerprint density at radius 3 is 2.73 bits per heavy atom. The highest BCUT2D eigenvalue weighted by Gasteiger charge is 2.31. The van der Waals surface area contributed by atoms with Gasteiger partial charge in [-0.25, -0.2) is 9.67 Å². The van der Waals surface area contributed by atoms with Crippen LogP contribution in [0.4, 0.5) is 5.82 Å². The van der Waals surface area contributed by atoms with Gasteiger partial charge in [0.1, 0.15) is 5.82 Å². The van der Waals surface area contributed by atoms with Gasteiger partial charge in [-0.1, -0.05) is 6.07 Å². The van der Waals surface area contributed by atoms with Gasteiger partial charge in [0.2, 0.25) is 5.91 Å². The van der Waals surface area contributed by atoms with Crippen LogP contribution in [0.2, 0.25) is 0 Å². The molecule has 1 aliphatic heterocycles. The maximum absolute atomic E-state index is 12.9. The summed E-state index contributed by atoms with van der Waals surface area (Å²) in [6.45, 7) is 3.03. The Labute approximate surface area is 152 Å². The fourth-order valence-electron chi connectivity index (χ4n) is 3.85. The molecule has 0 unspecified atom stereocenters. The second-order valence-electron chi connectivity index (χ2n) is 7.02. The molecular formula is C19H23N5O2. The highest BCUT2D eigenvalue weighted by atomic mass is 16.2. The largest absolute Gasteiger partial charge is 0.353 e. The zero-order valence-corrected chi connectivity index (χ0v) is 15.0. The highest BCUT2D eigenvalue weighted by Crippen LogP contribution is 2.25. The van der Waals surface area contributed by atoms with E-state index in [0.717, 1.165) is 43.0 Å². The first-order valence-corrected chi connectivity index (χ1v) is 9.12. The summed E-state index contributed by atoms with van der Waals surface area (Å²) < 4.78 is 1.37. The summed E-state index contributed by atoms with van der Waals surface area (Å²) >= 11 is 0. The number of hydrogen-bond acceptors (Lipinski definition) is 5. The van der Waals surface area contributed by atoms with Gasteiger partial charge in [-0.15, -0.1) is 0 Å². The number of amides is 1. The van der Waals surface area contributed by atoms with Gasteiger partial charge < -0.3 is 9.80 Å². The average Bonchev–Trinajstić information content (AvgIpc) is 2.69. The minimum Gasteiger partial charge on any atom is -0.353 e. The van der Waals surface area contributed by atoms with E-state index in [2.05, 4.69) is 15.0 Å². The predicted octanol–water partition coefficient (Wildman–Crippen LogP) is 0.629. The number of pyridine rings is 1. The maximum Gasteiger partial charge on any atom is 0.266 e. The summed E-state index contributed by atoms with van der Waals surface area (Å²) in [5.41, 5.74) is 1.78. The molecule has 0 N–H and O–H groups in total. The van der Waals surface area contributed by atoms with Crippen LogP contribution < -0.4 is 10.5 Å². The minimum absolute atomic E-state index is 0.0437. The van der Waals surface area contributed by atoms with Gasteiger partial charge in [-0.2, -0.15) is 5.10 Å². The molecule has 2 aromatic heterocycles. The molecule has 0 bridgehead atoms. The SMILES string of the molecule is Cn1nc2c(cc1=O)C[C@@H](C(=O)N1CCN(c3ccccn3)CC1)CC2. The van der Waals surface area contributed by atoms with Gasteiger partial charge in [-0.3, -0.25) is 9.59 Å². The number of anilines is 1. The van der Waals surface area contributed by atoms with Crippen LogP contribution in [0, 0.1) is 5.92 Å². The van der Waals surface area contributed by atoms with E-state index in [1.807, 2.05) is 23.1 Å². The second kappa shape index (κ2) is 6.90. The fourth-order valence-corrected chi connectivity index (χ4v) is 3.85. The summed E-state index contributed by atoms with van der Waals surface area (Å²) in [6, 6.07) is 7.54. The van der Waals surface area contributed by atoms with Crippen molar-refractivity contribution in [3.05, 3.63) is 52.1 Å². The first-order valence-electron chi connectivity index (χ1n) is 9.12. The van der Waals surface area contributed by atoms with Crippen LogP contribution in [0.5, 0.6) is 0 Å². The molecule has 2 aliphatic rings. The molecular weight excluding hydrogens is 330 g/mol. The zero-order chi connectivity index (χ0) is 18.1. The molecule has 4 rings (SSSR count). The first kappa shape index (κ1) is 16.8. The predicted molar refractivity (Wildman–Crippen MR) is 98.0 cm³/mol. The van der Waals surface area contributed by atoms with Gasteiger partial charge in [0, 0.05) is 51.4 Å². The molecule has 1 aliphatic carbocycles. The van der Waals surface area contributed by atoms with Crippen LogP contribution in [0.3, 0.4) is 0 Å². The van der Waals surface area contributed by atoms with Gasteiger partial charge in [0.25, 0.3) is 5.56 Å². The molecule has 1 saturated heterocycles. The normalized spacial score (nSPS) is 20.0. The Morgan fingerprint density at radius 2 is 2.00 bits per heavy atom. The van der Waals surface area contributed by atoms with Crippen LogP contribution >= 0.6 is 0 Å². The van der Waals surface area contributed by atoms with Crippen LogP contribution in [0.15, 0.2) is 35.3 Å². The molecule has 26 heavy (non-hydrogen) atoms. The zero-order valence-electron chi connectivity index (χ0n) is 15.0. The summed E-state index contributed by atoms with van der Waals surface area (Å²) in [6.07, 6.45) is 3.98. The molecule has 0 spiro atoms. The van der Waals surface area contributed by atoms with Crippen molar-refractivity contribution in [3.63, 3.8) is 0 Å². The van der Waals surface area contributed by atoms with Crippen molar-refractivity contribution in [2.75, 3.05) is 31.1 Å². The molecule has 0 saturated carbocycles. The van der Waals surface area contributed by atoms with Gasteiger partial charge in [0.05, 0.1) is 5.69 Å². The van der Waals surface area contributed by atoms with Crippen molar-refractivity contribution in [3.8, 4) is 0 Å². The number of hydrogen-bond donors (Lipinski definition) is 0. The van der Waals surface area contributed by atoms with Crippen molar-refractivity contribution in [1.29, 1.82) is 0 Å². The maximum atomic E-state index is 12.9. The van der Waals surface area contributed by atoms with E-state index in [1.54, 1.807) is 19.3 Å². The third-order valence-electron chi connectivity index (χ3n) is 5.37. The number of nitrogens with zero attached hydrogens (tertiary/aromatic N) is 5. The Bertz CT molecular complexity index is 856. The Morgan fingerprint density at radius 1 is 1.19 bits per heavy atom. The van der Waals surface area contributed by atoms with Gasteiger partial charge in [0.15, 0.2) is 0 Å². The van der Waals surface area contributed by atoms with E-state index in [4.69, 9.17) is 0 Å². The van der Waals surface area contributed by atoms with Crippen LogP contribution in [-0.2, 0) is 24.7 Å². The number of carbonyl (C=O) groups is 1. The van der Waals surface area contributed by atoms with Crippen molar-refractivity contribution in [1.82, 2.24) is 19.7 Å². The number of piperazine rings is 1. The lowest BCUT2D eigenvalue weighted by atomic mass is 9.86. The molecule has 7 nitrogen and oxygen atoms in total. The lowest BCUT2D eigenvalue weighted by Gasteiger charge is -2.37. The molecule has 1 amide bonds. The first-order chi connectivity index (χ1) is 12.6. The van der Waals surface area contributed by atoms with Crippen LogP contribution in [0.25, 0.3) is 0 Å². The lowest BCUT2D eigenvalue weighted by molar-refractivity contribution is -0.136. The Hall–Kier alpha value is -2.70. The van der Waals surface area contributed by atoms with Crippen LogP contribution in [-0.4, -0.2) is 51.8 Å². The molecule has 1 fully saturated rings. The monoisotopic (exact) mass is 353 g/mol. The van der Waals surface area contributed by atoms with Crippen molar-refractivity contribution in [2.24, 2.45) is 13.0 Å². The van der Waals surface area contributed by atoms with Crippen LogP contribution in [0.1, 0.15) is 17.7 Å². The molecule has 0 aromatic carbocycles. The third-order valence-corrected chi connectivity index (χ3v) is 5.37. The quantitative estimate of drug-likeness (QED) is 0.792. The van der Waals surface area contributed by atoms with E-state index >= 15 is 0 Å². The number of aryl methyl sites for hydroxylation is 2. The van der Waals surface area contributed by atoms with Crippen molar-refractivity contribution in [2.45, 2.75) is 19.3 Å². The fraction of sp³-hybridized carbons (Fsp3) is 0.474. The smallest absolute Gasteiger partial charge is 0.266 e. The number of rotatable bonds is 2. The van der Waals surface area contributed by atoms with E-state index < -0.39 is 0 Å². The lowest BCUT2D eigenvalue weighted by Crippen LogP contribution is -2.51. The number of carbonyl (C=O) groups excluding carboxylic acids is 1. The third kappa shape index (κ3) is 3.21. The van der Waals surface area contributed by atoms with Crippen molar-refractivity contribution >= 4 is 11.7 Å². The summed E-state index contributed by atoms with van der Waals surface area (Å²) in [5.74, 6) is 1.13. The Kier molecular flexibility index (Phi) is 4.44. The van der Waals surface area contributed by atoms with E-state index in [9.17, 15) is 9.59 Å². The second-order valence-corrected chi connectivity index (χ2v) is 7.02. The highest BCUT2D eigenvalue weighted by molar-refractivity contribution is 5.79. The molecule has 2 aromatic rings. The van der Waals surface area contributed by atoms with E-state index in [0.29, 0.717) is 19.5 Å². The van der Waals surface area contributed by atoms with Gasteiger partial charge >= 0.3 is 0 Å². The van der Waals surface area contributed by atoms with Crippen molar-refractivity contribution < 1.29 is 4.79 Å². The summed E-state index contributed by atoms with van der Waals surface area (Å²) in [7, 11) is 1.67. The Balaban J connectivity index is 1.40. The summed E-state index contributed by atoms with van der Waals surface area (Å²) in [5, 5.41) is 4.33. The van der Waals surface area contributed by atoms with E-state index in [-0.39, 0.29) is 17.4 Å². The summed E-state index contributed by atoms with van der Waals surface area (Å²) in [4.78, 5) is 33.3. The van der Waals surface area contributed by atoms with E-state index in [1.165, 1.54) is 4.68 Å². The molecule has 3 heterocycles. The topological polar surface area (TPSA) is 71.3 Å². The number of aromatic nitrogens is 3. The molecule has 136 valence electrons. The standard InChI is InChI=1S/C19H23N5O2/c1-22-18(25)13-15-12-14(5-6-16(15)21-22)19(26)24-10-8-23(9-11-24)17-4-2-3-7-20-17/h2-4,7,13-14H,5-6,8-12H2,1H3/t14-/m0/s1. The minimum atomic E-state index is -0.110.